The third-order valence-corrected chi connectivity index (χ3v) is 5.59. The number of rotatable bonds is 9. The summed E-state index contributed by atoms with van der Waals surface area (Å²) in [6.45, 7) is 3.56. The fourth-order valence-electron chi connectivity index (χ4n) is 3.81. The maximum absolute atomic E-state index is 13.4. The molecular formula is C27H29NO6. The van der Waals surface area contributed by atoms with Crippen molar-refractivity contribution in [3.05, 3.63) is 77.9 Å². The van der Waals surface area contributed by atoms with Crippen LogP contribution in [0.3, 0.4) is 0 Å². The number of benzene rings is 3. The number of hydrogen-bond acceptors (Lipinski definition) is 6. The van der Waals surface area contributed by atoms with Crippen LogP contribution < -0.4 is 23.7 Å². The molecule has 1 unspecified atom stereocenters. The molecule has 1 aliphatic rings. The van der Waals surface area contributed by atoms with Crippen LogP contribution in [0.4, 0.5) is 0 Å². The molecular weight excluding hydrogens is 434 g/mol. The van der Waals surface area contributed by atoms with E-state index < -0.39 is 0 Å². The lowest BCUT2D eigenvalue weighted by Gasteiger charge is -2.31. The van der Waals surface area contributed by atoms with Gasteiger partial charge in [-0.3, -0.25) is 4.79 Å². The summed E-state index contributed by atoms with van der Waals surface area (Å²) in [5.41, 5.74) is 1.46. The Labute approximate surface area is 199 Å². The van der Waals surface area contributed by atoms with Gasteiger partial charge in [0.2, 0.25) is 5.75 Å². The van der Waals surface area contributed by atoms with Gasteiger partial charge >= 0.3 is 0 Å². The van der Waals surface area contributed by atoms with E-state index in [1.54, 1.807) is 31.3 Å². The molecule has 0 aliphatic carbocycles. The van der Waals surface area contributed by atoms with E-state index in [-0.39, 0.29) is 12.0 Å². The van der Waals surface area contributed by atoms with Crippen molar-refractivity contribution >= 4 is 5.91 Å². The Morgan fingerprint density at radius 1 is 0.971 bits per heavy atom. The van der Waals surface area contributed by atoms with Gasteiger partial charge in [-0.1, -0.05) is 42.5 Å². The molecule has 4 rings (SSSR count). The molecule has 7 heteroatoms. The highest BCUT2D eigenvalue weighted by Gasteiger charge is 2.27. The zero-order valence-electron chi connectivity index (χ0n) is 19.7. The average Bonchev–Trinajstić information content (AvgIpc) is 2.90. The van der Waals surface area contributed by atoms with Crippen molar-refractivity contribution in [2.75, 3.05) is 33.9 Å². The van der Waals surface area contributed by atoms with Gasteiger partial charge in [0.05, 0.1) is 20.8 Å². The van der Waals surface area contributed by atoms with Crippen molar-refractivity contribution < 1.29 is 28.5 Å². The van der Waals surface area contributed by atoms with Crippen molar-refractivity contribution in [2.24, 2.45) is 0 Å². The van der Waals surface area contributed by atoms with Crippen LogP contribution in [0.1, 0.15) is 22.8 Å². The fourth-order valence-corrected chi connectivity index (χ4v) is 3.81. The van der Waals surface area contributed by atoms with Crippen molar-refractivity contribution in [1.82, 2.24) is 4.90 Å². The molecule has 0 aromatic heterocycles. The number of carbonyl (C=O) groups is 1. The lowest BCUT2D eigenvalue weighted by Crippen LogP contribution is -2.43. The summed E-state index contributed by atoms with van der Waals surface area (Å²) in [6.07, 6.45) is -0.268. The molecule has 0 spiro atoms. The number of ether oxygens (including phenoxy) is 5. The Kier molecular flexibility index (Phi) is 7.42. The minimum Gasteiger partial charge on any atom is -0.493 e. The molecule has 1 atom stereocenters. The van der Waals surface area contributed by atoms with Crippen LogP contribution in [0.5, 0.6) is 28.7 Å². The number of amides is 1. The summed E-state index contributed by atoms with van der Waals surface area (Å²) in [6, 6.07) is 20.7. The molecule has 3 aromatic rings. The van der Waals surface area contributed by atoms with Gasteiger partial charge < -0.3 is 28.6 Å². The molecule has 34 heavy (non-hydrogen) atoms. The van der Waals surface area contributed by atoms with E-state index in [9.17, 15) is 4.79 Å². The predicted molar refractivity (Wildman–Crippen MR) is 128 cm³/mol. The summed E-state index contributed by atoms with van der Waals surface area (Å²) in [7, 11) is 3.08. The molecule has 1 amide bonds. The molecule has 0 bridgehead atoms. The zero-order chi connectivity index (χ0) is 23.9. The monoisotopic (exact) mass is 463 g/mol. The van der Waals surface area contributed by atoms with Gasteiger partial charge in [-0.25, -0.2) is 0 Å². The van der Waals surface area contributed by atoms with Crippen molar-refractivity contribution in [1.29, 1.82) is 0 Å². The largest absolute Gasteiger partial charge is 0.493 e. The summed E-state index contributed by atoms with van der Waals surface area (Å²) in [4.78, 5) is 15.1. The first kappa shape index (κ1) is 23.3. The topological polar surface area (TPSA) is 66.5 Å². The van der Waals surface area contributed by atoms with Crippen molar-refractivity contribution in [2.45, 2.75) is 19.6 Å². The van der Waals surface area contributed by atoms with Gasteiger partial charge in [-0.2, -0.15) is 0 Å². The van der Waals surface area contributed by atoms with Crippen LogP contribution in [0.2, 0.25) is 0 Å². The first-order valence-electron chi connectivity index (χ1n) is 11.2. The van der Waals surface area contributed by atoms with Crippen LogP contribution in [0.25, 0.3) is 0 Å². The Morgan fingerprint density at radius 3 is 2.26 bits per heavy atom. The Balaban J connectivity index is 1.51. The SMILES string of the molecule is CCN(CC1COc2ccccc2O1)C(=O)c1cc(OC)c(OCc2ccccc2)c(OC)c1. The number of methoxy groups -OCH3 is 2. The minimum absolute atomic E-state index is 0.156. The number of fused-ring (bicyclic) bond motifs is 1. The van der Waals surface area contributed by atoms with E-state index in [0.29, 0.717) is 60.6 Å². The molecule has 0 radical (unpaired) electrons. The first-order chi connectivity index (χ1) is 16.6. The number of carbonyl (C=O) groups excluding carboxylic acids is 1. The van der Waals surface area contributed by atoms with Gasteiger partial charge in [-0.05, 0) is 36.8 Å². The Bertz CT molecular complexity index is 1090. The normalized spacial score (nSPS) is 14.3. The molecule has 1 aliphatic heterocycles. The van der Waals surface area contributed by atoms with Crippen molar-refractivity contribution in [3.8, 4) is 28.7 Å². The predicted octanol–water partition coefficient (Wildman–Crippen LogP) is 4.58. The number of nitrogens with zero attached hydrogens (tertiary/aromatic N) is 1. The lowest BCUT2D eigenvalue weighted by atomic mass is 10.1. The smallest absolute Gasteiger partial charge is 0.254 e. The van der Waals surface area contributed by atoms with Crippen molar-refractivity contribution in [3.63, 3.8) is 0 Å². The van der Waals surface area contributed by atoms with E-state index in [1.807, 2.05) is 61.5 Å². The Hall–Kier alpha value is -3.87. The fraction of sp³-hybridized carbons (Fsp3) is 0.296. The number of likely N-dealkylation sites (N-methyl/N-ethyl adjacent to an activating group) is 1. The highest BCUT2D eigenvalue weighted by molar-refractivity contribution is 5.95. The second-order valence-electron chi connectivity index (χ2n) is 7.83. The van der Waals surface area contributed by atoms with Gasteiger partial charge in [0.1, 0.15) is 13.2 Å². The van der Waals surface area contributed by atoms with E-state index in [4.69, 9.17) is 23.7 Å². The van der Waals surface area contributed by atoms with Gasteiger partial charge in [0.25, 0.3) is 5.91 Å². The molecule has 7 nitrogen and oxygen atoms in total. The quantitative estimate of drug-likeness (QED) is 0.463. The molecule has 0 N–H and O–H groups in total. The van der Waals surface area contributed by atoms with E-state index >= 15 is 0 Å². The van der Waals surface area contributed by atoms with Gasteiger partial charge in [-0.15, -0.1) is 0 Å². The second kappa shape index (κ2) is 10.8. The molecule has 3 aromatic carbocycles. The second-order valence-corrected chi connectivity index (χ2v) is 7.83. The molecule has 1 heterocycles. The van der Waals surface area contributed by atoms with Crippen LogP contribution in [0.15, 0.2) is 66.7 Å². The molecule has 0 saturated heterocycles. The van der Waals surface area contributed by atoms with E-state index in [1.165, 1.54) is 0 Å². The minimum atomic E-state index is -0.268. The van der Waals surface area contributed by atoms with E-state index in [0.717, 1.165) is 5.56 Å². The Morgan fingerprint density at radius 2 is 1.62 bits per heavy atom. The average molecular weight is 464 g/mol. The summed E-state index contributed by atoms with van der Waals surface area (Å²) < 4.78 is 28.9. The lowest BCUT2D eigenvalue weighted by molar-refractivity contribution is 0.0474. The molecule has 178 valence electrons. The maximum Gasteiger partial charge on any atom is 0.254 e. The maximum atomic E-state index is 13.4. The van der Waals surface area contributed by atoms with Crippen LogP contribution in [0, 0.1) is 0 Å². The molecule has 0 saturated carbocycles. The van der Waals surface area contributed by atoms with Gasteiger partial charge in [0.15, 0.2) is 29.1 Å². The summed E-state index contributed by atoms with van der Waals surface area (Å²) >= 11 is 0. The number of hydrogen-bond donors (Lipinski definition) is 0. The van der Waals surface area contributed by atoms with Crippen LogP contribution >= 0.6 is 0 Å². The summed E-state index contributed by atoms with van der Waals surface area (Å²) in [5, 5.41) is 0. The number of para-hydroxylation sites is 2. The standard InChI is InChI=1S/C27H29NO6/c1-4-28(16-21-18-32-22-12-8-9-13-23(22)34-21)27(29)20-14-24(30-2)26(25(15-20)31-3)33-17-19-10-6-5-7-11-19/h5-15,21H,4,16-18H2,1-3H3. The third-order valence-electron chi connectivity index (χ3n) is 5.59. The summed E-state index contributed by atoms with van der Waals surface area (Å²) in [5.74, 6) is 2.56. The van der Waals surface area contributed by atoms with Crippen LogP contribution in [-0.4, -0.2) is 50.8 Å². The highest BCUT2D eigenvalue weighted by Crippen LogP contribution is 2.39. The van der Waals surface area contributed by atoms with E-state index in [2.05, 4.69) is 0 Å². The molecule has 0 fully saturated rings. The zero-order valence-corrected chi connectivity index (χ0v) is 19.7. The first-order valence-corrected chi connectivity index (χ1v) is 11.2. The third kappa shape index (κ3) is 5.20. The van der Waals surface area contributed by atoms with Gasteiger partial charge in [0, 0.05) is 12.1 Å². The van der Waals surface area contributed by atoms with Crippen LogP contribution in [-0.2, 0) is 6.61 Å². The highest BCUT2D eigenvalue weighted by atomic mass is 16.6.